The van der Waals surface area contributed by atoms with Crippen molar-refractivity contribution < 1.29 is 9.59 Å². The number of hydrogen-bond acceptors (Lipinski definition) is 2. The van der Waals surface area contributed by atoms with Gasteiger partial charge in [0.25, 0.3) is 0 Å². The molecule has 1 atom stereocenters. The summed E-state index contributed by atoms with van der Waals surface area (Å²) in [5.74, 6) is 0.354. The second-order valence-electron chi connectivity index (χ2n) is 5.38. The molecule has 1 aliphatic rings. The van der Waals surface area contributed by atoms with Gasteiger partial charge in [-0.3, -0.25) is 9.59 Å². The van der Waals surface area contributed by atoms with Crippen LogP contribution in [0.4, 0.5) is 0 Å². The van der Waals surface area contributed by atoms with E-state index in [0.29, 0.717) is 0 Å². The number of carbonyl (C=O) groups excluding carboxylic acids is 2. The Morgan fingerprint density at radius 3 is 2.45 bits per heavy atom. The molecular weight excluding hydrogens is 248 g/mol. The highest BCUT2D eigenvalue weighted by Gasteiger charge is 2.29. The maximum Gasteiger partial charge on any atom is 0.166 e. The second kappa shape index (κ2) is 5.04. The molecule has 0 spiro atoms. The molecule has 0 saturated carbocycles. The molecule has 0 saturated heterocycles. The van der Waals surface area contributed by atoms with Crippen LogP contribution in [0.2, 0.25) is 0 Å². The van der Waals surface area contributed by atoms with Gasteiger partial charge in [-0.2, -0.15) is 0 Å². The summed E-state index contributed by atoms with van der Waals surface area (Å²) in [6.45, 7) is 1.56. The van der Waals surface area contributed by atoms with Crippen molar-refractivity contribution in [3.8, 4) is 0 Å². The van der Waals surface area contributed by atoms with Gasteiger partial charge in [-0.25, -0.2) is 0 Å². The molecule has 0 aliphatic heterocycles. The highest BCUT2D eigenvalue weighted by molar-refractivity contribution is 6.02. The third kappa shape index (κ3) is 2.29. The van der Waals surface area contributed by atoms with Gasteiger partial charge in [0.05, 0.1) is 0 Å². The van der Waals surface area contributed by atoms with Gasteiger partial charge in [0, 0.05) is 17.0 Å². The van der Waals surface area contributed by atoms with Crippen LogP contribution in [0.25, 0.3) is 0 Å². The summed E-state index contributed by atoms with van der Waals surface area (Å²) in [4.78, 5) is 23.6. The Bertz CT molecular complexity index is 668. The molecule has 0 heterocycles. The van der Waals surface area contributed by atoms with Crippen molar-refractivity contribution in [2.24, 2.45) is 5.92 Å². The highest BCUT2D eigenvalue weighted by atomic mass is 16.1. The molecule has 0 amide bonds. The minimum Gasteiger partial charge on any atom is -0.295 e. The lowest BCUT2D eigenvalue weighted by Crippen LogP contribution is -2.12. The van der Waals surface area contributed by atoms with Crippen molar-refractivity contribution >= 4 is 11.6 Å². The van der Waals surface area contributed by atoms with Gasteiger partial charge in [0.2, 0.25) is 0 Å². The minimum absolute atomic E-state index is 0.0376. The van der Waals surface area contributed by atoms with E-state index in [1.807, 2.05) is 48.5 Å². The van der Waals surface area contributed by atoms with Crippen LogP contribution in [0.1, 0.15) is 38.8 Å². The van der Waals surface area contributed by atoms with Crippen molar-refractivity contribution in [1.29, 1.82) is 0 Å². The summed E-state index contributed by atoms with van der Waals surface area (Å²) in [5, 5.41) is 0. The van der Waals surface area contributed by atoms with Crippen LogP contribution in [0.5, 0.6) is 0 Å². The maximum absolute atomic E-state index is 12.3. The molecule has 2 heteroatoms. The van der Waals surface area contributed by atoms with E-state index in [1.165, 1.54) is 0 Å². The maximum atomic E-state index is 12.3. The van der Waals surface area contributed by atoms with Gasteiger partial charge < -0.3 is 0 Å². The Morgan fingerprint density at radius 1 is 1.10 bits per heavy atom. The van der Waals surface area contributed by atoms with Gasteiger partial charge in [0.15, 0.2) is 11.6 Å². The van der Waals surface area contributed by atoms with E-state index >= 15 is 0 Å². The number of rotatable bonds is 3. The quantitative estimate of drug-likeness (QED) is 0.795. The summed E-state index contributed by atoms with van der Waals surface area (Å²) in [7, 11) is 0. The first-order valence-corrected chi connectivity index (χ1v) is 6.87. The summed E-state index contributed by atoms with van der Waals surface area (Å²) in [5.41, 5.74) is 3.86. The summed E-state index contributed by atoms with van der Waals surface area (Å²) in [6, 6.07) is 15.4. The fourth-order valence-corrected chi connectivity index (χ4v) is 2.84. The molecule has 0 bridgehead atoms. The SMILES string of the molecule is CC(=O)c1ccc(CC2Cc3ccccc3C2=O)cc1. The zero-order chi connectivity index (χ0) is 14.1. The number of Topliss-reactive ketones (excluding diaryl/α,β-unsaturated/α-hetero) is 2. The molecule has 100 valence electrons. The molecule has 1 unspecified atom stereocenters. The van der Waals surface area contributed by atoms with Crippen molar-refractivity contribution in [2.75, 3.05) is 0 Å². The van der Waals surface area contributed by atoms with Gasteiger partial charge in [0.1, 0.15) is 0 Å². The van der Waals surface area contributed by atoms with E-state index in [2.05, 4.69) is 0 Å². The van der Waals surface area contributed by atoms with Crippen LogP contribution in [0, 0.1) is 5.92 Å². The minimum atomic E-state index is 0.0376. The van der Waals surface area contributed by atoms with Crippen molar-refractivity contribution in [1.82, 2.24) is 0 Å². The van der Waals surface area contributed by atoms with Crippen LogP contribution >= 0.6 is 0 Å². The fraction of sp³-hybridized carbons (Fsp3) is 0.222. The van der Waals surface area contributed by atoms with Crippen LogP contribution in [0.3, 0.4) is 0 Å². The molecule has 2 aromatic carbocycles. The lowest BCUT2D eigenvalue weighted by Gasteiger charge is -2.08. The molecule has 0 aromatic heterocycles. The van der Waals surface area contributed by atoms with Crippen LogP contribution in [-0.2, 0) is 12.8 Å². The van der Waals surface area contributed by atoms with Gasteiger partial charge >= 0.3 is 0 Å². The van der Waals surface area contributed by atoms with Crippen LogP contribution < -0.4 is 0 Å². The monoisotopic (exact) mass is 264 g/mol. The molecular formula is C18H16O2. The predicted molar refractivity (Wildman–Crippen MR) is 78.1 cm³/mol. The Kier molecular flexibility index (Phi) is 3.23. The first-order chi connectivity index (χ1) is 9.65. The van der Waals surface area contributed by atoms with E-state index in [0.717, 1.165) is 35.1 Å². The van der Waals surface area contributed by atoms with Gasteiger partial charge in [-0.15, -0.1) is 0 Å². The van der Waals surface area contributed by atoms with Crippen LogP contribution in [0.15, 0.2) is 48.5 Å². The van der Waals surface area contributed by atoms with Crippen LogP contribution in [-0.4, -0.2) is 11.6 Å². The van der Waals surface area contributed by atoms with Crippen molar-refractivity contribution in [2.45, 2.75) is 19.8 Å². The first-order valence-electron chi connectivity index (χ1n) is 6.87. The summed E-state index contributed by atoms with van der Waals surface area (Å²) >= 11 is 0. The average molecular weight is 264 g/mol. The largest absolute Gasteiger partial charge is 0.295 e. The standard InChI is InChI=1S/C18H16O2/c1-12(19)14-8-6-13(7-9-14)10-16-11-15-4-2-3-5-17(15)18(16)20/h2-9,16H,10-11H2,1H3. The zero-order valence-electron chi connectivity index (χ0n) is 11.4. The molecule has 3 rings (SSSR count). The average Bonchev–Trinajstić information content (AvgIpc) is 2.77. The molecule has 0 N–H and O–H groups in total. The van der Waals surface area contributed by atoms with Gasteiger partial charge in [-0.1, -0.05) is 48.5 Å². The van der Waals surface area contributed by atoms with E-state index in [4.69, 9.17) is 0 Å². The number of hydrogen-bond donors (Lipinski definition) is 0. The van der Waals surface area contributed by atoms with E-state index < -0.39 is 0 Å². The predicted octanol–water partition coefficient (Wildman–Crippen LogP) is 3.49. The third-order valence-electron chi connectivity index (χ3n) is 3.96. The molecule has 0 radical (unpaired) electrons. The zero-order valence-corrected chi connectivity index (χ0v) is 11.4. The molecule has 2 nitrogen and oxygen atoms in total. The number of benzene rings is 2. The molecule has 0 fully saturated rings. The Labute approximate surface area is 118 Å². The number of carbonyl (C=O) groups is 2. The molecule has 20 heavy (non-hydrogen) atoms. The smallest absolute Gasteiger partial charge is 0.166 e. The Hall–Kier alpha value is -2.22. The fourth-order valence-electron chi connectivity index (χ4n) is 2.84. The third-order valence-corrected chi connectivity index (χ3v) is 3.96. The summed E-state index contributed by atoms with van der Waals surface area (Å²) in [6.07, 6.45) is 1.56. The number of fused-ring (bicyclic) bond motifs is 1. The first kappa shape index (κ1) is 12.8. The van der Waals surface area contributed by atoms with Crippen molar-refractivity contribution in [3.05, 3.63) is 70.8 Å². The van der Waals surface area contributed by atoms with E-state index in [-0.39, 0.29) is 17.5 Å². The van der Waals surface area contributed by atoms with E-state index in [9.17, 15) is 9.59 Å². The second-order valence-corrected chi connectivity index (χ2v) is 5.38. The van der Waals surface area contributed by atoms with E-state index in [1.54, 1.807) is 6.92 Å². The molecule has 1 aliphatic carbocycles. The lowest BCUT2D eigenvalue weighted by molar-refractivity contribution is 0.0935. The van der Waals surface area contributed by atoms with Crippen molar-refractivity contribution in [3.63, 3.8) is 0 Å². The highest BCUT2D eigenvalue weighted by Crippen LogP contribution is 2.29. The normalized spacial score (nSPS) is 17.1. The Balaban J connectivity index is 1.77. The lowest BCUT2D eigenvalue weighted by atomic mass is 9.95. The van der Waals surface area contributed by atoms with Gasteiger partial charge in [-0.05, 0) is 30.9 Å². The Morgan fingerprint density at radius 2 is 1.80 bits per heavy atom. The topological polar surface area (TPSA) is 34.1 Å². The molecule has 2 aromatic rings. The number of ketones is 2. The summed E-state index contributed by atoms with van der Waals surface area (Å²) < 4.78 is 0.